The Morgan fingerprint density at radius 3 is 2.64 bits per heavy atom. The highest BCUT2D eigenvalue weighted by atomic mass is 32.2. The summed E-state index contributed by atoms with van der Waals surface area (Å²) >= 11 is 1.96. The average Bonchev–Trinajstić information content (AvgIpc) is 2.25. The molecule has 1 atom stereocenters. The molecule has 14 heavy (non-hydrogen) atoms. The van der Waals surface area contributed by atoms with E-state index in [0.29, 0.717) is 6.04 Å². The molecule has 2 heteroatoms. The monoisotopic (exact) mass is 209 g/mol. The van der Waals surface area contributed by atoms with Crippen LogP contribution in [0, 0.1) is 0 Å². The topological polar surface area (TPSA) is 26.0 Å². The zero-order chi connectivity index (χ0) is 10.2. The van der Waals surface area contributed by atoms with E-state index in [1.54, 1.807) is 0 Å². The lowest BCUT2D eigenvalue weighted by molar-refractivity contribution is 0.724. The van der Waals surface area contributed by atoms with E-state index in [4.69, 9.17) is 5.73 Å². The van der Waals surface area contributed by atoms with Gasteiger partial charge in [0.05, 0.1) is 0 Å². The summed E-state index contributed by atoms with van der Waals surface area (Å²) in [6.45, 7) is 2.14. The first-order valence-electron chi connectivity index (χ1n) is 5.20. The van der Waals surface area contributed by atoms with Crippen molar-refractivity contribution in [3.63, 3.8) is 0 Å². The summed E-state index contributed by atoms with van der Waals surface area (Å²) in [7, 11) is 0. The van der Waals surface area contributed by atoms with Crippen LogP contribution in [0.2, 0.25) is 0 Å². The van der Waals surface area contributed by atoms with Crippen molar-refractivity contribution in [1.82, 2.24) is 0 Å². The average molecular weight is 209 g/mol. The molecule has 1 rings (SSSR count). The molecule has 0 saturated heterocycles. The molecule has 1 nitrogen and oxygen atoms in total. The van der Waals surface area contributed by atoms with E-state index in [1.165, 1.54) is 11.3 Å². The van der Waals surface area contributed by atoms with Gasteiger partial charge in [0.25, 0.3) is 0 Å². The van der Waals surface area contributed by atoms with Gasteiger partial charge in [-0.25, -0.2) is 0 Å². The Labute approximate surface area is 91.1 Å². The van der Waals surface area contributed by atoms with Gasteiger partial charge < -0.3 is 5.73 Å². The summed E-state index contributed by atoms with van der Waals surface area (Å²) in [5, 5.41) is 0. The fraction of sp³-hybridized carbons (Fsp3) is 0.500. The molecule has 78 valence electrons. The molecular formula is C12H19NS. The van der Waals surface area contributed by atoms with Crippen LogP contribution < -0.4 is 5.73 Å². The molecule has 0 aliphatic rings. The zero-order valence-corrected chi connectivity index (χ0v) is 9.59. The maximum atomic E-state index is 5.83. The number of aryl methyl sites for hydroxylation is 1. The van der Waals surface area contributed by atoms with Gasteiger partial charge in [0.2, 0.25) is 0 Å². The van der Waals surface area contributed by atoms with Gasteiger partial charge in [-0.3, -0.25) is 0 Å². The quantitative estimate of drug-likeness (QED) is 0.729. The minimum Gasteiger partial charge on any atom is -0.327 e. The van der Waals surface area contributed by atoms with Crippen molar-refractivity contribution in [3.05, 3.63) is 35.9 Å². The molecule has 0 saturated carbocycles. The first kappa shape index (κ1) is 11.6. The number of hydrogen-bond acceptors (Lipinski definition) is 2. The first-order chi connectivity index (χ1) is 6.83. The zero-order valence-electron chi connectivity index (χ0n) is 8.78. The largest absolute Gasteiger partial charge is 0.327 e. The molecule has 0 heterocycles. The van der Waals surface area contributed by atoms with E-state index in [-0.39, 0.29) is 0 Å². The Morgan fingerprint density at radius 2 is 2.00 bits per heavy atom. The number of benzene rings is 1. The van der Waals surface area contributed by atoms with Gasteiger partial charge in [-0.2, -0.15) is 11.8 Å². The minimum absolute atomic E-state index is 0.371. The molecule has 0 fully saturated rings. The third-order valence-electron chi connectivity index (χ3n) is 2.23. The van der Waals surface area contributed by atoms with Crippen molar-refractivity contribution in [2.75, 3.05) is 11.5 Å². The van der Waals surface area contributed by atoms with E-state index in [0.717, 1.165) is 18.6 Å². The van der Waals surface area contributed by atoms with Gasteiger partial charge >= 0.3 is 0 Å². The highest BCUT2D eigenvalue weighted by Gasteiger charge is 1.98. The Kier molecular flexibility index (Phi) is 5.72. The molecule has 1 aromatic carbocycles. The second kappa shape index (κ2) is 6.91. The van der Waals surface area contributed by atoms with Gasteiger partial charge in [-0.15, -0.1) is 0 Å². The van der Waals surface area contributed by atoms with Crippen LogP contribution >= 0.6 is 11.8 Å². The number of rotatable bonds is 6. The predicted octanol–water partition coefficient (Wildman–Crippen LogP) is 2.70. The Morgan fingerprint density at radius 1 is 1.29 bits per heavy atom. The molecule has 0 aliphatic carbocycles. The molecule has 0 bridgehead atoms. The fourth-order valence-electron chi connectivity index (χ4n) is 1.19. The third kappa shape index (κ3) is 4.68. The molecule has 0 radical (unpaired) electrons. The second-order valence-electron chi connectivity index (χ2n) is 3.48. The maximum Gasteiger partial charge on any atom is 0.0127 e. The van der Waals surface area contributed by atoms with Crippen LogP contribution in [0.3, 0.4) is 0 Å². The highest BCUT2D eigenvalue weighted by Crippen LogP contribution is 2.08. The van der Waals surface area contributed by atoms with Crippen LogP contribution in [0.15, 0.2) is 30.3 Å². The fourth-order valence-corrected chi connectivity index (χ4v) is 2.27. The van der Waals surface area contributed by atoms with Crippen molar-refractivity contribution < 1.29 is 0 Å². The number of nitrogens with two attached hydrogens (primary N) is 1. The minimum atomic E-state index is 0.371. The van der Waals surface area contributed by atoms with Gasteiger partial charge in [0, 0.05) is 11.8 Å². The molecule has 0 amide bonds. The van der Waals surface area contributed by atoms with Crippen LogP contribution in [0.1, 0.15) is 18.9 Å². The van der Waals surface area contributed by atoms with Crippen molar-refractivity contribution in [2.24, 2.45) is 5.73 Å². The van der Waals surface area contributed by atoms with Gasteiger partial charge in [-0.1, -0.05) is 37.3 Å². The van der Waals surface area contributed by atoms with E-state index >= 15 is 0 Å². The molecule has 0 spiro atoms. The van der Waals surface area contributed by atoms with Crippen molar-refractivity contribution in [3.8, 4) is 0 Å². The van der Waals surface area contributed by atoms with Gasteiger partial charge in [0.1, 0.15) is 0 Å². The van der Waals surface area contributed by atoms with Crippen molar-refractivity contribution >= 4 is 11.8 Å². The SMILES string of the molecule is CCC(N)CSCCc1ccccc1. The molecule has 1 aromatic rings. The summed E-state index contributed by atoms with van der Waals surface area (Å²) in [5.74, 6) is 2.26. The van der Waals surface area contributed by atoms with Gasteiger partial charge in [-0.05, 0) is 24.2 Å². The predicted molar refractivity (Wildman–Crippen MR) is 65.7 cm³/mol. The van der Waals surface area contributed by atoms with Crippen LogP contribution in [-0.4, -0.2) is 17.5 Å². The van der Waals surface area contributed by atoms with Crippen LogP contribution in [-0.2, 0) is 6.42 Å². The summed E-state index contributed by atoms with van der Waals surface area (Å²) in [5.41, 5.74) is 7.25. The Balaban J connectivity index is 2.10. The van der Waals surface area contributed by atoms with Crippen LogP contribution in [0.5, 0.6) is 0 Å². The highest BCUT2D eigenvalue weighted by molar-refractivity contribution is 7.99. The smallest absolute Gasteiger partial charge is 0.0127 e. The number of hydrogen-bond donors (Lipinski definition) is 1. The van der Waals surface area contributed by atoms with Crippen molar-refractivity contribution in [1.29, 1.82) is 0 Å². The number of thioether (sulfide) groups is 1. The Bertz CT molecular complexity index is 235. The van der Waals surface area contributed by atoms with E-state index in [9.17, 15) is 0 Å². The lowest BCUT2D eigenvalue weighted by Crippen LogP contribution is -2.21. The standard InChI is InChI=1S/C12H19NS/c1-2-12(13)10-14-9-8-11-6-4-3-5-7-11/h3-7,12H,2,8-10,13H2,1H3. The summed E-state index contributed by atoms with van der Waals surface area (Å²) < 4.78 is 0. The van der Waals surface area contributed by atoms with Crippen LogP contribution in [0.25, 0.3) is 0 Å². The molecule has 0 aromatic heterocycles. The first-order valence-corrected chi connectivity index (χ1v) is 6.35. The van der Waals surface area contributed by atoms with E-state index in [1.807, 2.05) is 11.8 Å². The Hall–Kier alpha value is -0.470. The summed E-state index contributed by atoms with van der Waals surface area (Å²) in [6, 6.07) is 11.0. The molecular weight excluding hydrogens is 190 g/mol. The molecule has 2 N–H and O–H groups in total. The lowest BCUT2D eigenvalue weighted by Gasteiger charge is -2.07. The molecule has 1 unspecified atom stereocenters. The summed E-state index contributed by atoms with van der Waals surface area (Å²) in [6.07, 6.45) is 2.24. The normalized spacial score (nSPS) is 12.7. The molecule has 0 aliphatic heterocycles. The second-order valence-corrected chi connectivity index (χ2v) is 4.63. The third-order valence-corrected chi connectivity index (χ3v) is 3.39. The maximum absolute atomic E-state index is 5.83. The summed E-state index contributed by atoms with van der Waals surface area (Å²) in [4.78, 5) is 0. The lowest BCUT2D eigenvalue weighted by atomic mass is 10.2. The van der Waals surface area contributed by atoms with E-state index < -0.39 is 0 Å². The van der Waals surface area contributed by atoms with Gasteiger partial charge in [0.15, 0.2) is 0 Å². The van der Waals surface area contributed by atoms with E-state index in [2.05, 4.69) is 37.3 Å². The van der Waals surface area contributed by atoms with Crippen LogP contribution in [0.4, 0.5) is 0 Å². The van der Waals surface area contributed by atoms with Crippen molar-refractivity contribution in [2.45, 2.75) is 25.8 Å².